The van der Waals surface area contributed by atoms with Crippen LogP contribution < -0.4 is 5.32 Å². The Balaban J connectivity index is 0.00000147. The van der Waals surface area contributed by atoms with Gasteiger partial charge in [0, 0.05) is 25.5 Å². The number of pyridine rings is 1. The summed E-state index contributed by atoms with van der Waals surface area (Å²) in [6.45, 7) is 2.80. The van der Waals surface area contributed by atoms with Gasteiger partial charge in [-0.2, -0.15) is 0 Å². The molecule has 2 atom stereocenters. The lowest BCUT2D eigenvalue weighted by Gasteiger charge is -2.31. The Labute approximate surface area is 126 Å². The van der Waals surface area contributed by atoms with Crippen LogP contribution in [0.3, 0.4) is 0 Å². The predicted molar refractivity (Wildman–Crippen MR) is 80.8 cm³/mol. The van der Waals surface area contributed by atoms with Crippen molar-refractivity contribution in [1.82, 2.24) is 15.2 Å². The Bertz CT molecular complexity index is 434. The lowest BCUT2D eigenvalue weighted by atomic mass is 9.97. The average molecular weight is 296 g/mol. The maximum Gasteiger partial charge on any atom is 0.227 e. The second-order valence-corrected chi connectivity index (χ2v) is 5.51. The van der Waals surface area contributed by atoms with Gasteiger partial charge in [-0.15, -0.1) is 12.4 Å². The molecular formula is C15H22ClN3O. The summed E-state index contributed by atoms with van der Waals surface area (Å²) in [6, 6.07) is 4.34. The molecule has 5 heteroatoms. The first kappa shape index (κ1) is 15.3. The molecule has 1 unspecified atom stereocenters. The molecule has 0 aliphatic carbocycles. The first-order valence-electron chi connectivity index (χ1n) is 7.27. The van der Waals surface area contributed by atoms with Crippen molar-refractivity contribution in [2.45, 2.75) is 31.7 Å². The van der Waals surface area contributed by atoms with E-state index in [1.807, 2.05) is 24.5 Å². The number of carbonyl (C=O) groups excluding carboxylic acids is 1. The van der Waals surface area contributed by atoms with Crippen LogP contribution in [0.2, 0.25) is 0 Å². The van der Waals surface area contributed by atoms with Crippen LogP contribution in [-0.4, -0.2) is 35.4 Å². The Kier molecular flexibility index (Phi) is 5.38. The maximum absolute atomic E-state index is 12.7. The standard InChI is InChI=1S/C15H21N3O.ClH/c19-15(13-3-1-7-17-11-13)18-10-2-4-14(18)12-5-8-16-9-6-12;/h5-6,8-9,13-14,17H,1-4,7,10-11H2;1H/t13-,14?;/m1./s1. The highest BCUT2D eigenvalue weighted by Crippen LogP contribution is 2.33. The number of nitrogens with one attached hydrogen (secondary N) is 1. The number of aromatic nitrogens is 1. The van der Waals surface area contributed by atoms with Gasteiger partial charge in [0.15, 0.2) is 0 Å². The zero-order valence-electron chi connectivity index (χ0n) is 11.6. The molecule has 0 bridgehead atoms. The lowest BCUT2D eigenvalue weighted by Crippen LogP contribution is -2.42. The van der Waals surface area contributed by atoms with Gasteiger partial charge in [0.05, 0.1) is 12.0 Å². The number of piperidine rings is 1. The zero-order valence-corrected chi connectivity index (χ0v) is 12.4. The Morgan fingerprint density at radius 3 is 2.75 bits per heavy atom. The molecule has 0 spiro atoms. The van der Waals surface area contributed by atoms with Crippen molar-refractivity contribution in [3.8, 4) is 0 Å². The number of amides is 1. The fraction of sp³-hybridized carbons (Fsp3) is 0.600. The van der Waals surface area contributed by atoms with Gasteiger partial charge in [0.2, 0.25) is 5.91 Å². The molecule has 1 aromatic heterocycles. The molecule has 2 saturated heterocycles. The number of hydrogen-bond acceptors (Lipinski definition) is 3. The topological polar surface area (TPSA) is 45.2 Å². The SMILES string of the molecule is Cl.O=C([C@@H]1CCCNC1)N1CCCC1c1ccncc1. The molecule has 20 heavy (non-hydrogen) atoms. The number of hydrogen-bond donors (Lipinski definition) is 1. The van der Waals surface area contributed by atoms with Crippen LogP contribution in [0.1, 0.15) is 37.3 Å². The van der Waals surface area contributed by atoms with Gasteiger partial charge in [0.25, 0.3) is 0 Å². The first-order chi connectivity index (χ1) is 9.36. The average Bonchev–Trinajstić information content (AvgIpc) is 2.98. The number of halogens is 1. The van der Waals surface area contributed by atoms with Gasteiger partial charge in [-0.25, -0.2) is 0 Å². The van der Waals surface area contributed by atoms with Gasteiger partial charge in [-0.1, -0.05) is 0 Å². The Hall–Kier alpha value is -1.13. The largest absolute Gasteiger partial charge is 0.335 e. The smallest absolute Gasteiger partial charge is 0.227 e. The van der Waals surface area contributed by atoms with Crippen LogP contribution in [0.25, 0.3) is 0 Å². The minimum Gasteiger partial charge on any atom is -0.335 e. The van der Waals surface area contributed by atoms with Crippen molar-refractivity contribution < 1.29 is 4.79 Å². The van der Waals surface area contributed by atoms with Crippen LogP contribution in [0, 0.1) is 5.92 Å². The summed E-state index contributed by atoms with van der Waals surface area (Å²) >= 11 is 0. The minimum atomic E-state index is 0. The zero-order chi connectivity index (χ0) is 13.1. The molecule has 1 aromatic rings. The summed E-state index contributed by atoms with van der Waals surface area (Å²) in [7, 11) is 0. The molecule has 3 rings (SSSR count). The van der Waals surface area contributed by atoms with Crippen molar-refractivity contribution in [3.63, 3.8) is 0 Å². The number of nitrogens with zero attached hydrogens (tertiary/aromatic N) is 2. The summed E-state index contributed by atoms with van der Waals surface area (Å²) < 4.78 is 0. The van der Waals surface area contributed by atoms with Crippen molar-refractivity contribution >= 4 is 18.3 Å². The summed E-state index contributed by atoms with van der Waals surface area (Å²) in [5.74, 6) is 0.516. The molecule has 2 fully saturated rings. The van der Waals surface area contributed by atoms with Crippen LogP contribution in [0.15, 0.2) is 24.5 Å². The van der Waals surface area contributed by atoms with Gasteiger partial charge in [-0.3, -0.25) is 9.78 Å². The van der Waals surface area contributed by atoms with Crippen LogP contribution in [-0.2, 0) is 4.79 Å². The predicted octanol–water partition coefficient (Wildman–Crippen LogP) is 2.17. The van der Waals surface area contributed by atoms with E-state index in [1.165, 1.54) is 5.56 Å². The summed E-state index contributed by atoms with van der Waals surface area (Å²) in [6.07, 6.45) is 7.97. The fourth-order valence-electron chi connectivity index (χ4n) is 3.26. The van der Waals surface area contributed by atoms with Crippen molar-refractivity contribution in [2.24, 2.45) is 5.92 Å². The highest BCUT2D eigenvalue weighted by Gasteiger charge is 2.34. The monoisotopic (exact) mass is 295 g/mol. The van der Waals surface area contributed by atoms with Gasteiger partial charge in [0.1, 0.15) is 0 Å². The van der Waals surface area contributed by atoms with Crippen LogP contribution >= 0.6 is 12.4 Å². The van der Waals surface area contributed by atoms with E-state index >= 15 is 0 Å². The minimum absolute atomic E-state index is 0. The highest BCUT2D eigenvalue weighted by molar-refractivity contribution is 5.85. The second kappa shape index (κ2) is 7.04. The molecule has 1 amide bonds. The normalized spacial score (nSPS) is 26.1. The third-order valence-electron chi connectivity index (χ3n) is 4.27. The molecule has 3 heterocycles. The van der Waals surface area contributed by atoms with Gasteiger partial charge in [-0.05, 0) is 49.9 Å². The van der Waals surface area contributed by atoms with Crippen molar-refractivity contribution in [1.29, 1.82) is 0 Å². The lowest BCUT2D eigenvalue weighted by molar-refractivity contribution is -0.137. The van der Waals surface area contributed by atoms with Crippen molar-refractivity contribution in [3.05, 3.63) is 30.1 Å². The third kappa shape index (κ3) is 3.13. The molecule has 1 N–H and O–H groups in total. The molecule has 2 aliphatic heterocycles. The van der Waals surface area contributed by atoms with E-state index in [0.717, 1.165) is 45.3 Å². The molecule has 0 saturated carbocycles. The van der Waals surface area contributed by atoms with E-state index in [-0.39, 0.29) is 24.4 Å². The van der Waals surface area contributed by atoms with E-state index in [1.54, 1.807) is 0 Å². The van der Waals surface area contributed by atoms with E-state index < -0.39 is 0 Å². The van der Waals surface area contributed by atoms with E-state index in [2.05, 4.69) is 15.2 Å². The molecule has 4 nitrogen and oxygen atoms in total. The molecule has 2 aliphatic rings. The van der Waals surface area contributed by atoms with E-state index in [4.69, 9.17) is 0 Å². The summed E-state index contributed by atoms with van der Waals surface area (Å²) in [4.78, 5) is 18.8. The molecule has 0 radical (unpaired) electrons. The number of rotatable bonds is 2. The van der Waals surface area contributed by atoms with Crippen molar-refractivity contribution in [2.75, 3.05) is 19.6 Å². The summed E-state index contributed by atoms with van der Waals surface area (Å²) in [5.41, 5.74) is 1.23. The van der Waals surface area contributed by atoms with E-state index in [9.17, 15) is 4.79 Å². The van der Waals surface area contributed by atoms with Crippen LogP contribution in [0.5, 0.6) is 0 Å². The summed E-state index contributed by atoms with van der Waals surface area (Å²) in [5, 5.41) is 3.34. The first-order valence-corrected chi connectivity index (χ1v) is 7.27. The molecular weight excluding hydrogens is 274 g/mol. The Morgan fingerprint density at radius 2 is 2.05 bits per heavy atom. The van der Waals surface area contributed by atoms with Gasteiger partial charge >= 0.3 is 0 Å². The Morgan fingerprint density at radius 1 is 1.25 bits per heavy atom. The molecule has 0 aromatic carbocycles. The van der Waals surface area contributed by atoms with Crippen LogP contribution in [0.4, 0.5) is 0 Å². The second-order valence-electron chi connectivity index (χ2n) is 5.51. The van der Waals surface area contributed by atoms with Gasteiger partial charge < -0.3 is 10.2 Å². The fourth-order valence-corrected chi connectivity index (χ4v) is 3.26. The highest BCUT2D eigenvalue weighted by atomic mass is 35.5. The van der Waals surface area contributed by atoms with E-state index in [0.29, 0.717) is 5.91 Å². The third-order valence-corrected chi connectivity index (χ3v) is 4.27. The number of carbonyl (C=O) groups is 1. The number of likely N-dealkylation sites (tertiary alicyclic amines) is 1. The molecule has 110 valence electrons. The maximum atomic E-state index is 12.7. The quantitative estimate of drug-likeness (QED) is 0.909.